The molecule has 0 aromatic carbocycles. The van der Waals surface area contributed by atoms with Crippen molar-refractivity contribution in [1.82, 2.24) is 0 Å². The van der Waals surface area contributed by atoms with Gasteiger partial charge in [0.2, 0.25) is 0 Å². The Hall–Kier alpha value is -0.0400. The summed E-state index contributed by atoms with van der Waals surface area (Å²) in [7, 11) is 0. The van der Waals surface area contributed by atoms with Crippen LogP contribution in [0, 0.1) is 11.8 Å². The molecule has 0 heterocycles. The first-order valence-electron chi connectivity index (χ1n) is 5.53. The molecule has 1 heteroatoms. The van der Waals surface area contributed by atoms with Gasteiger partial charge in [-0.15, -0.1) is 0 Å². The van der Waals surface area contributed by atoms with Gasteiger partial charge in [0.1, 0.15) is 0 Å². The SMILES string of the molecule is CCCCC1(N)CC2CCC1C2. The molecule has 0 saturated heterocycles. The van der Waals surface area contributed by atoms with Crippen LogP contribution < -0.4 is 5.73 Å². The van der Waals surface area contributed by atoms with Gasteiger partial charge >= 0.3 is 0 Å². The highest BCUT2D eigenvalue weighted by Gasteiger charge is 2.47. The molecule has 0 spiro atoms. The summed E-state index contributed by atoms with van der Waals surface area (Å²) in [5.41, 5.74) is 6.69. The van der Waals surface area contributed by atoms with E-state index < -0.39 is 0 Å². The molecule has 2 aliphatic carbocycles. The third-order valence-electron chi connectivity index (χ3n) is 4.02. The van der Waals surface area contributed by atoms with Crippen molar-refractivity contribution in [2.75, 3.05) is 0 Å². The van der Waals surface area contributed by atoms with Gasteiger partial charge in [-0.3, -0.25) is 0 Å². The van der Waals surface area contributed by atoms with E-state index in [1.54, 1.807) is 0 Å². The van der Waals surface area contributed by atoms with Crippen LogP contribution in [0.2, 0.25) is 0 Å². The average molecular weight is 167 g/mol. The van der Waals surface area contributed by atoms with Crippen molar-refractivity contribution in [1.29, 1.82) is 0 Å². The van der Waals surface area contributed by atoms with Gasteiger partial charge in [0, 0.05) is 5.54 Å². The van der Waals surface area contributed by atoms with Gasteiger partial charge in [-0.25, -0.2) is 0 Å². The summed E-state index contributed by atoms with van der Waals surface area (Å²) in [4.78, 5) is 0. The van der Waals surface area contributed by atoms with Gasteiger partial charge in [0.15, 0.2) is 0 Å². The maximum atomic E-state index is 6.43. The lowest BCUT2D eigenvalue weighted by atomic mass is 9.78. The molecule has 1 nitrogen and oxygen atoms in total. The van der Waals surface area contributed by atoms with Crippen LogP contribution in [0.15, 0.2) is 0 Å². The number of nitrogens with two attached hydrogens (primary N) is 1. The smallest absolute Gasteiger partial charge is 0.0185 e. The van der Waals surface area contributed by atoms with Gasteiger partial charge in [-0.1, -0.05) is 26.2 Å². The first-order valence-corrected chi connectivity index (χ1v) is 5.53. The summed E-state index contributed by atoms with van der Waals surface area (Å²) in [5.74, 6) is 1.88. The Kier molecular flexibility index (Phi) is 2.16. The summed E-state index contributed by atoms with van der Waals surface area (Å²) < 4.78 is 0. The van der Waals surface area contributed by atoms with Gasteiger partial charge in [-0.2, -0.15) is 0 Å². The Morgan fingerprint density at radius 1 is 1.42 bits per heavy atom. The molecule has 2 fully saturated rings. The van der Waals surface area contributed by atoms with Crippen LogP contribution in [0.5, 0.6) is 0 Å². The van der Waals surface area contributed by atoms with Crippen LogP contribution in [0.1, 0.15) is 51.9 Å². The number of rotatable bonds is 3. The molecule has 12 heavy (non-hydrogen) atoms. The summed E-state index contributed by atoms with van der Waals surface area (Å²) >= 11 is 0. The molecule has 2 N–H and O–H groups in total. The first kappa shape index (κ1) is 8.55. The largest absolute Gasteiger partial charge is 0.325 e. The fourth-order valence-electron chi connectivity index (χ4n) is 3.30. The second kappa shape index (κ2) is 3.02. The van der Waals surface area contributed by atoms with Crippen molar-refractivity contribution in [2.24, 2.45) is 17.6 Å². The maximum absolute atomic E-state index is 6.43. The Balaban J connectivity index is 1.93. The molecule has 0 amide bonds. The maximum Gasteiger partial charge on any atom is 0.0185 e. The van der Waals surface area contributed by atoms with Gasteiger partial charge in [-0.05, 0) is 37.5 Å². The Morgan fingerprint density at radius 3 is 2.75 bits per heavy atom. The topological polar surface area (TPSA) is 26.0 Å². The highest BCUT2D eigenvalue weighted by molar-refractivity contribution is 5.03. The van der Waals surface area contributed by atoms with E-state index in [9.17, 15) is 0 Å². The molecule has 2 saturated carbocycles. The highest BCUT2D eigenvalue weighted by Crippen LogP contribution is 2.51. The number of hydrogen-bond acceptors (Lipinski definition) is 1. The molecule has 0 aromatic heterocycles. The van der Waals surface area contributed by atoms with Crippen LogP contribution in [0.3, 0.4) is 0 Å². The van der Waals surface area contributed by atoms with E-state index >= 15 is 0 Å². The lowest BCUT2D eigenvalue weighted by molar-refractivity contribution is 0.248. The molecule has 2 bridgehead atoms. The fraction of sp³-hybridized carbons (Fsp3) is 1.00. The van der Waals surface area contributed by atoms with Crippen molar-refractivity contribution in [3.05, 3.63) is 0 Å². The van der Waals surface area contributed by atoms with E-state index in [1.807, 2.05) is 0 Å². The zero-order valence-electron chi connectivity index (χ0n) is 8.18. The second-order valence-electron chi connectivity index (χ2n) is 4.92. The third kappa shape index (κ3) is 1.28. The van der Waals surface area contributed by atoms with Gasteiger partial charge in [0.25, 0.3) is 0 Å². The summed E-state index contributed by atoms with van der Waals surface area (Å²) in [5, 5.41) is 0. The van der Waals surface area contributed by atoms with Crippen LogP contribution in [-0.2, 0) is 0 Å². The molecule has 2 aliphatic rings. The van der Waals surface area contributed by atoms with Crippen molar-refractivity contribution in [3.8, 4) is 0 Å². The standard InChI is InChI=1S/C11H21N/c1-2-3-6-11(12)8-9-4-5-10(11)7-9/h9-10H,2-8,12H2,1H3. The quantitative estimate of drug-likeness (QED) is 0.687. The second-order valence-corrected chi connectivity index (χ2v) is 4.92. The first-order chi connectivity index (χ1) is 5.74. The average Bonchev–Trinajstić information content (AvgIpc) is 2.60. The molecule has 0 aliphatic heterocycles. The Morgan fingerprint density at radius 2 is 2.25 bits per heavy atom. The normalized spacial score (nSPS) is 45.5. The molecule has 0 aromatic rings. The number of fused-ring (bicyclic) bond motifs is 2. The summed E-state index contributed by atoms with van der Waals surface area (Å²) in [6.45, 7) is 2.26. The van der Waals surface area contributed by atoms with Crippen molar-refractivity contribution < 1.29 is 0 Å². The molecule has 0 radical (unpaired) electrons. The van der Waals surface area contributed by atoms with Crippen LogP contribution in [-0.4, -0.2) is 5.54 Å². The fourth-order valence-corrected chi connectivity index (χ4v) is 3.30. The molecule has 2 rings (SSSR count). The number of hydrogen-bond donors (Lipinski definition) is 1. The minimum Gasteiger partial charge on any atom is -0.325 e. The Bertz CT molecular complexity index is 166. The molecule has 70 valence electrons. The van der Waals surface area contributed by atoms with E-state index in [1.165, 1.54) is 44.9 Å². The Labute approximate surface area is 75.7 Å². The van der Waals surface area contributed by atoms with Crippen molar-refractivity contribution in [3.63, 3.8) is 0 Å². The van der Waals surface area contributed by atoms with Gasteiger partial charge < -0.3 is 5.73 Å². The van der Waals surface area contributed by atoms with Gasteiger partial charge in [0.05, 0.1) is 0 Å². The van der Waals surface area contributed by atoms with E-state index in [4.69, 9.17) is 5.73 Å². The van der Waals surface area contributed by atoms with Crippen molar-refractivity contribution in [2.45, 2.75) is 57.4 Å². The molecule has 3 unspecified atom stereocenters. The van der Waals surface area contributed by atoms with Crippen LogP contribution in [0.4, 0.5) is 0 Å². The predicted octanol–water partition coefficient (Wildman–Crippen LogP) is 2.69. The third-order valence-corrected chi connectivity index (χ3v) is 4.02. The zero-order valence-corrected chi connectivity index (χ0v) is 8.18. The minimum absolute atomic E-state index is 0.263. The molecular formula is C11H21N. The van der Waals surface area contributed by atoms with E-state index in [2.05, 4.69) is 6.92 Å². The summed E-state index contributed by atoms with van der Waals surface area (Å²) in [6, 6.07) is 0. The lowest BCUT2D eigenvalue weighted by Gasteiger charge is -2.33. The lowest BCUT2D eigenvalue weighted by Crippen LogP contribution is -2.44. The van der Waals surface area contributed by atoms with E-state index in [0.29, 0.717) is 0 Å². The summed E-state index contributed by atoms with van der Waals surface area (Å²) in [6.07, 6.45) is 9.58. The molecular weight excluding hydrogens is 146 g/mol. The van der Waals surface area contributed by atoms with E-state index in [-0.39, 0.29) is 5.54 Å². The monoisotopic (exact) mass is 167 g/mol. The zero-order chi connectivity index (χ0) is 8.60. The predicted molar refractivity (Wildman–Crippen MR) is 51.9 cm³/mol. The van der Waals surface area contributed by atoms with Crippen LogP contribution in [0.25, 0.3) is 0 Å². The number of unbranched alkanes of at least 4 members (excludes halogenated alkanes) is 1. The minimum atomic E-state index is 0.263. The molecule has 3 atom stereocenters. The highest BCUT2D eigenvalue weighted by atomic mass is 14.8. The van der Waals surface area contributed by atoms with Crippen LogP contribution >= 0.6 is 0 Å². The van der Waals surface area contributed by atoms with Crippen molar-refractivity contribution >= 4 is 0 Å². The van der Waals surface area contributed by atoms with E-state index in [0.717, 1.165) is 11.8 Å².